The molecule has 6 rings (SSSR count). The van der Waals surface area contributed by atoms with Crippen molar-refractivity contribution in [1.29, 1.82) is 0 Å². The van der Waals surface area contributed by atoms with Gasteiger partial charge in [0.15, 0.2) is 5.76 Å². The number of fused-ring (bicyclic) bond motifs is 3. The second-order valence-corrected chi connectivity index (χ2v) is 9.95. The van der Waals surface area contributed by atoms with E-state index in [4.69, 9.17) is 18.9 Å². The lowest BCUT2D eigenvalue weighted by Gasteiger charge is -2.30. The number of allylic oxidation sites excluding steroid dienone is 1. The van der Waals surface area contributed by atoms with E-state index in [2.05, 4.69) is 28.7 Å². The third-order valence-electron chi connectivity index (χ3n) is 7.64. The van der Waals surface area contributed by atoms with Crippen LogP contribution in [0.25, 0.3) is 17.0 Å². The zero-order valence-electron chi connectivity index (χ0n) is 22.7. The number of aryl methyl sites for hydroxylation is 1. The largest absolute Gasteiger partial charge is 0.497 e. The van der Waals surface area contributed by atoms with Gasteiger partial charge < -0.3 is 23.5 Å². The molecular weight excluding hydrogens is 492 g/mol. The number of Topliss-reactive ketones (excluding diaryl/α,β-unsaturated/α-hetero) is 1. The maximum atomic E-state index is 13.5. The normalized spacial score (nSPS) is 15.7. The van der Waals surface area contributed by atoms with Gasteiger partial charge in [0.25, 0.3) is 0 Å². The summed E-state index contributed by atoms with van der Waals surface area (Å²) in [5, 5.41) is 1.01. The Morgan fingerprint density at radius 1 is 1.05 bits per heavy atom. The summed E-state index contributed by atoms with van der Waals surface area (Å²) in [6.45, 7) is 6.88. The highest BCUT2D eigenvalue weighted by atomic mass is 16.5. The Kier molecular flexibility index (Phi) is 6.53. The average molecular weight is 525 g/mol. The molecule has 0 atom stereocenters. The molecule has 2 aliphatic heterocycles. The van der Waals surface area contributed by atoms with Crippen molar-refractivity contribution in [2.75, 3.05) is 27.5 Å². The number of para-hydroxylation sites is 1. The molecule has 0 saturated heterocycles. The standard InChI is InChI=1S/C32H32N2O5/c1-5-34-18-22(25-16-24(36-3)10-11-27(25)34)15-29-30(35)26-14-23-17-33(19-38-31(23)20(2)32(26)39-29)13-12-21-8-6-7-9-28(21)37-4/h6-11,14-16,18H,5,12-13,17,19H2,1-4H3/b29-15-. The molecule has 0 N–H and O–H groups in total. The number of hydrogen-bond donors (Lipinski definition) is 0. The highest BCUT2D eigenvalue weighted by Gasteiger charge is 2.34. The summed E-state index contributed by atoms with van der Waals surface area (Å²) in [5.74, 6) is 3.28. The van der Waals surface area contributed by atoms with Crippen molar-refractivity contribution in [3.63, 3.8) is 0 Å². The maximum Gasteiger partial charge on any atom is 0.231 e. The van der Waals surface area contributed by atoms with Gasteiger partial charge in [-0.25, -0.2) is 0 Å². The van der Waals surface area contributed by atoms with Crippen LogP contribution in [0.4, 0.5) is 0 Å². The SMILES string of the molecule is CCn1cc(/C=C2\Oc3c(cc4c(c3C)OCN(CCc3ccccc3OC)C4)C2=O)c2cc(OC)ccc21. The van der Waals surface area contributed by atoms with E-state index in [9.17, 15) is 4.79 Å². The minimum atomic E-state index is -0.109. The molecule has 200 valence electrons. The van der Waals surface area contributed by atoms with Crippen LogP contribution in [0.5, 0.6) is 23.0 Å². The summed E-state index contributed by atoms with van der Waals surface area (Å²) >= 11 is 0. The fourth-order valence-electron chi connectivity index (χ4n) is 5.58. The fourth-order valence-corrected chi connectivity index (χ4v) is 5.58. The van der Waals surface area contributed by atoms with Crippen molar-refractivity contribution >= 4 is 22.8 Å². The number of methoxy groups -OCH3 is 2. The van der Waals surface area contributed by atoms with Crippen molar-refractivity contribution < 1.29 is 23.7 Å². The van der Waals surface area contributed by atoms with E-state index >= 15 is 0 Å². The fraction of sp³-hybridized carbons (Fsp3) is 0.281. The lowest BCUT2D eigenvalue weighted by molar-refractivity contribution is 0.0952. The summed E-state index contributed by atoms with van der Waals surface area (Å²) < 4.78 is 25.5. The minimum absolute atomic E-state index is 0.109. The Bertz CT molecular complexity index is 1620. The number of ether oxygens (including phenoxy) is 4. The first-order valence-electron chi connectivity index (χ1n) is 13.2. The maximum absolute atomic E-state index is 13.5. The summed E-state index contributed by atoms with van der Waals surface area (Å²) in [5.41, 5.74) is 5.62. The van der Waals surface area contributed by atoms with Crippen molar-refractivity contribution in [2.45, 2.75) is 33.4 Å². The molecule has 0 radical (unpaired) electrons. The number of benzene rings is 3. The van der Waals surface area contributed by atoms with Crippen LogP contribution in [0.2, 0.25) is 0 Å². The van der Waals surface area contributed by atoms with E-state index in [1.54, 1.807) is 14.2 Å². The van der Waals surface area contributed by atoms with E-state index in [1.807, 2.05) is 55.5 Å². The van der Waals surface area contributed by atoms with Gasteiger partial charge in [-0.1, -0.05) is 18.2 Å². The molecule has 4 aromatic rings. The van der Waals surface area contributed by atoms with Crippen LogP contribution in [0.15, 0.2) is 60.5 Å². The van der Waals surface area contributed by atoms with Gasteiger partial charge in [0, 0.05) is 53.4 Å². The number of aromatic nitrogens is 1. The Balaban J connectivity index is 1.27. The summed E-state index contributed by atoms with van der Waals surface area (Å²) in [7, 11) is 3.35. The van der Waals surface area contributed by atoms with Gasteiger partial charge in [-0.05, 0) is 62.2 Å². The third kappa shape index (κ3) is 4.42. The summed E-state index contributed by atoms with van der Waals surface area (Å²) in [6, 6.07) is 16.0. The Morgan fingerprint density at radius 3 is 2.69 bits per heavy atom. The predicted molar refractivity (Wildman–Crippen MR) is 151 cm³/mol. The first-order chi connectivity index (χ1) is 19.0. The molecule has 0 unspecified atom stereocenters. The average Bonchev–Trinajstić information content (AvgIpc) is 3.48. The van der Waals surface area contributed by atoms with Gasteiger partial charge >= 0.3 is 0 Å². The molecular formula is C32H32N2O5. The van der Waals surface area contributed by atoms with Crippen LogP contribution in [0, 0.1) is 6.92 Å². The molecule has 2 aliphatic rings. The van der Waals surface area contributed by atoms with Gasteiger partial charge in [0.2, 0.25) is 5.78 Å². The van der Waals surface area contributed by atoms with Gasteiger partial charge in [-0.3, -0.25) is 9.69 Å². The molecule has 0 aliphatic carbocycles. The second-order valence-electron chi connectivity index (χ2n) is 9.95. The lowest BCUT2D eigenvalue weighted by atomic mass is 9.99. The number of carbonyl (C=O) groups is 1. The van der Waals surface area contributed by atoms with Crippen molar-refractivity contribution in [3.05, 3.63) is 88.3 Å². The monoisotopic (exact) mass is 524 g/mol. The quantitative estimate of drug-likeness (QED) is 0.277. The molecule has 0 amide bonds. The van der Waals surface area contributed by atoms with E-state index < -0.39 is 0 Å². The van der Waals surface area contributed by atoms with E-state index in [-0.39, 0.29) is 5.78 Å². The molecule has 7 nitrogen and oxygen atoms in total. The van der Waals surface area contributed by atoms with Gasteiger partial charge in [-0.2, -0.15) is 0 Å². The van der Waals surface area contributed by atoms with E-state index in [0.717, 1.165) is 69.9 Å². The topological polar surface area (TPSA) is 62.2 Å². The van der Waals surface area contributed by atoms with Crippen molar-refractivity contribution in [2.24, 2.45) is 0 Å². The first kappa shape index (κ1) is 25.1. The smallest absolute Gasteiger partial charge is 0.231 e. The van der Waals surface area contributed by atoms with Crippen LogP contribution in [-0.2, 0) is 19.5 Å². The zero-order chi connectivity index (χ0) is 27.1. The van der Waals surface area contributed by atoms with Crippen LogP contribution in [0.1, 0.15) is 39.5 Å². The lowest BCUT2D eigenvalue weighted by Crippen LogP contribution is -2.34. The van der Waals surface area contributed by atoms with Crippen molar-refractivity contribution in [3.8, 4) is 23.0 Å². The number of nitrogens with zero attached hydrogens (tertiary/aromatic N) is 2. The van der Waals surface area contributed by atoms with Gasteiger partial charge in [-0.15, -0.1) is 0 Å². The van der Waals surface area contributed by atoms with Gasteiger partial charge in [0.1, 0.15) is 29.7 Å². The number of hydrogen-bond acceptors (Lipinski definition) is 6. The highest BCUT2D eigenvalue weighted by molar-refractivity contribution is 6.15. The molecule has 39 heavy (non-hydrogen) atoms. The predicted octanol–water partition coefficient (Wildman–Crippen LogP) is 6.00. The molecule has 0 bridgehead atoms. The number of ketones is 1. The first-order valence-corrected chi connectivity index (χ1v) is 13.2. The minimum Gasteiger partial charge on any atom is -0.497 e. The second kappa shape index (κ2) is 10.2. The summed E-state index contributed by atoms with van der Waals surface area (Å²) in [4.78, 5) is 15.8. The van der Waals surface area contributed by atoms with E-state index in [1.165, 1.54) is 0 Å². The van der Waals surface area contributed by atoms with Crippen LogP contribution in [0.3, 0.4) is 0 Å². The highest BCUT2D eigenvalue weighted by Crippen LogP contribution is 2.43. The number of carbonyl (C=O) groups excluding carboxylic acids is 1. The van der Waals surface area contributed by atoms with E-state index in [0.29, 0.717) is 30.3 Å². The molecule has 3 heterocycles. The Labute approximate surface area is 228 Å². The Hall–Kier alpha value is -4.23. The molecule has 1 aromatic heterocycles. The zero-order valence-corrected chi connectivity index (χ0v) is 22.7. The Morgan fingerprint density at radius 2 is 1.90 bits per heavy atom. The molecule has 0 fully saturated rings. The molecule has 3 aromatic carbocycles. The summed E-state index contributed by atoms with van der Waals surface area (Å²) in [6.07, 6.45) is 4.74. The van der Waals surface area contributed by atoms with Gasteiger partial charge in [0.05, 0.1) is 19.8 Å². The van der Waals surface area contributed by atoms with Crippen LogP contribution < -0.4 is 18.9 Å². The number of rotatable bonds is 7. The molecule has 0 saturated carbocycles. The molecule has 7 heteroatoms. The molecule has 0 spiro atoms. The third-order valence-corrected chi connectivity index (χ3v) is 7.64. The van der Waals surface area contributed by atoms with Crippen LogP contribution in [-0.4, -0.2) is 42.7 Å². The van der Waals surface area contributed by atoms with Crippen LogP contribution >= 0.6 is 0 Å². The van der Waals surface area contributed by atoms with Crippen molar-refractivity contribution in [1.82, 2.24) is 9.47 Å².